The highest BCUT2D eigenvalue weighted by Crippen LogP contribution is 2.22. The lowest BCUT2D eigenvalue weighted by atomic mass is 9.95. The normalized spacial score (nSPS) is 14.6. The van der Waals surface area contributed by atoms with Gasteiger partial charge in [0.15, 0.2) is 0 Å². The second kappa shape index (κ2) is 10.8. The number of carbonyl (C=O) groups excluding carboxylic acids is 2. The van der Waals surface area contributed by atoms with Crippen LogP contribution in [-0.2, 0) is 16.0 Å². The van der Waals surface area contributed by atoms with Gasteiger partial charge in [0, 0.05) is 26.2 Å². The Labute approximate surface area is 195 Å². The lowest BCUT2D eigenvalue weighted by Gasteiger charge is -2.35. The van der Waals surface area contributed by atoms with Crippen molar-refractivity contribution in [3.05, 3.63) is 90.1 Å². The number of aromatic nitrogens is 1. The quantitative estimate of drug-likeness (QED) is 0.598. The zero-order valence-corrected chi connectivity index (χ0v) is 19.0. The first-order chi connectivity index (χ1) is 16.1. The Balaban J connectivity index is 1.30. The number of anilines is 2. The van der Waals surface area contributed by atoms with Gasteiger partial charge in [-0.3, -0.25) is 9.59 Å². The zero-order chi connectivity index (χ0) is 23.0. The predicted molar refractivity (Wildman–Crippen MR) is 131 cm³/mol. The van der Waals surface area contributed by atoms with Crippen molar-refractivity contribution < 1.29 is 9.59 Å². The molecule has 2 aromatic carbocycles. The van der Waals surface area contributed by atoms with Gasteiger partial charge >= 0.3 is 0 Å². The fourth-order valence-electron chi connectivity index (χ4n) is 4.20. The first-order valence-corrected chi connectivity index (χ1v) is 11.5. The third-order valence-electron chi connectivity index (χ3n) is 6.10. The van der Waals surface area contributed by atoms with Crippen molar-refractivity contribution in [1.29, 1.82) is 0 Å². The van der Waals surface area contributed by atoms with Crippen LogP contribution >= 0.6 is 0 Å². The van der Waals surface area contributed by atoms with E-state index < -0.39 is 0 Å². The van der Waals surface area contributed by atoms with Crippen LogP contribution in [0.15, 0.2) is 79.0 Å². The molecule has 0 saturated carbocycles. The second-order valence-electron chi connectivity index (χ2n) is 8.30. The van der Waals surface area contributed by atoms with E-state index >= 15 is 0 Å². The number of benzene rings is 2. The van der Waals surface area contributed by atoms with E-state index in [1.807, 2.05) is 84.6 Å². The molecule has 1 aromatic heterocycles. The maximum absolute atomic E-state index is 12.8. The molecule has 1 fully saturated rings. The van der Waals surface area contributed by atoms with E-state index in [4.69, 9.17) is 0 Å². The van der Waals surface area contributed by atoms with Crippen molar-refractivity contribution in [1.82, 2.24) is 9.88 Å². The molecule has 1 unspecified atom stereocenters. The topological polar surface area (TPSA) is 65.5 Å². The third kappa shape index (κ3) is 5.77. The summed E-state index contributed by atoms with van der Waals surface area (Å²) in [5.41, 5.74) is 2.75. The summed E-state index contributed by atoms with van der Waals surface area (Å²) >= 11 is 0. The molecule has 2 amide bonds. The van der Waals surface area contributed by atoms with Crippen LogP contribution in [0.25, 0.3) is 0 Å². The molecule has 6 heteroatoms. The smallest absolute Gasteiger partial charge is 0.231 e. The number of pyridine rings is 1. The van der Waals surface area contributed by atoms with Crippen LogP contribution in [0.5, 0.6) is 0 Å². The molecular formula is C27H30N4O2. The molecule has 0 radical (unpaired) electrons. The highest BCUT2D eigenvalue weighted by molar-refractivity contribution is 5.95. The molecule has 1 aliphatic heterocycles. The average Bonchev–Trinajstić information content (AvgIpc) is 2.86. The van der Waals surface area contributed by atoms with Gasteiger partial charge in [0.2, 0.25) is 11.8 Å². The second-order valence-corrected chi connectivity index (χ2v) is 8.30. The lowest BCUT2D eigenvalue weighted by Crippen LogP contribution is -2.49. The molecular weight excluding hydrogens is 412 g/mol. The summed E-state index contributed by atoms with van der Waals surface area (Å²) in [6.07, 6.45) is 2.88. The molecule has 6 nitrogen and oxygen atoms in total. The highest BCUT2D eigenvalue weighted by atomic mass is 16.2. The number of amides is 2. The minimum atomic E-state index is -0.188. The molecule has 0 bridgehead atoms. The van der Waals surface area contributed by atoms with E-state index in [0.29, 0.717) is 25.2 Å². The largest absolute Gasteiger partial charge is 0.353 e. The first-order valence-electron chi connectivity index (χ1n) is 11.5. The van der Waals surface area contributed by atoms with Gasteiger partial charge in [-0.15, -0.1) is 0 Å². The summed E-state index contributed by atoms with van der Waals surface area (Å²) in [5, 5.41) is 2.99. The Morgan fingerprint density at radius 2 is 1.58 bits per heavy atom. The zero-order valence-electron chi connectivity index (χ0n) is 19.0. The van der Waals surface area contributed by atoms with Crippen LogP contribution in [0, 0.1) is 0 Å². The Bertz CT molecular complexity index is 1050. The number of nitrogens with zero attached hydrogens (tertiary/aromatic N) is 3. The highest BCUT2D eigenvalue weighted by Gasteiger charge is 2.22. The van der Waals surface area contributed by atoms with E-state index in [0.717, 1.165) is 36.5 Å². The van der Waals surface area contributed by atoms with Crippen molar-refractivity contribution in [3.63, 3.8) is 0 Å². The monoisotopic (exact) mass is 442 g/mol. The van der Waals surface area contributed by atoms with E-state index in [9.17, 15) is 9.59 Å². The van der Waals surface area contributed by atoms with E-state index in [1.165, 1.54) is 0 Å². The van der Waals surface area contributed by atoms with Gasteiger partial charge in [0.05, 0.1) is 24.2 Å². The number of hydrogen-bond donors (Lipinski definition) is 1. The van der Waals surface area contributed by atoms with Crippen LogP contribution in [0.2, 0.25) is 0 Å². The molecule has 170 valence electrons. The summed E-state index contributed by atoms with van der Waals surface area (Å²) < 4.78 is 0. The van der Waals surface area contributed by atoms with Crippen LogP contribution in [0.3, 0.4) is 0 Å². The van der Waals surface area contributed by atoms with Gasteiger partial charge in [-0.25, -0.2) is 4.98 Å². The van der Waals surface area contributed by atoms with Crippen molar-refractivity contribution in [2.75, 3.05) is 36.4 Å². The molecule has 1 saturated heterocycles. The average molecular weight is 443 g/mol. The van der Waals surface area contributed by atoms with Crippen LogP contribution in [-0.4, -0.2) is 47.9 Å². The maximum atomic E-state index is 12.8. The summed E-state index contributed by atoms with van der Waals surface area (Å²) in [5.74, 6) is 0.810. The van der Waals surface area contributed by atoms with E-state index in [2.05, 4.69) is 15.2 Å². The van der Waals surface area contributed by atoms with Gasteiger partial charge in [-0.2, -0.15) is 0 Å². The number of carbonyl (C=O) groups is 2. The van der Waals surface area contributed by atoms with Gasteiger partial charge < -0.3 is 15.1 Å². The number of piperazine rings is 1. The molecule has 3 aromatic rings. The van der Waals surface area contributed by atoms with E-state index in [1.54, 1.807) is 6.20 Å². The van der Waals surface area contributed by atoms with Gasteiger partial charge in [0.1, 0.15) is 5.82 Å². The SMILES string of the molecule is CCC(C(=O)Nc1ccc(N2CCN(C(=O)Cc3ccccc3)CC2)nc1)c1ccccc1. The Morgan fingerprint density at radius 3 is 2.18 bits per heavy atom. The summed E-state index contributed by atoms with van der Waals surface area (Å²) in [6.45, 7) is 4.86. The van der Waals surface area contributed by atoms with Gasteiger partial charge in [0.25, 0.3) is 0 Å². The van der Waals surface area contributed by atoms with Crippen LogP contribution in [0.1, 0.15) is 30.4 Å². The van der Waals surface area contributed by atoms with Crippen LogP contribution in [0.4, 0.5) is 11.5 Å². The van der Waals surface area contributed by atoms with Crippen molar-refractivity contribution in [3.8, 4) is 0 Å². The Hall–Kier alpha value is -3.67. The van der Waals surface area contributed by atoms with Crippen molar-refractivity contribution >= 4 is 23.3 Å². The minimum Gasteiger partial charge on any atom is -0.353 e. The molecule has 33 heavy (non-hydrogen) atoms. The Kier molecular flexibility index (Phi) is 7.35. The summed E-state index contributed by atoms with van der Waals surface area (Å²) in [6, 6.07) is 23.5. The van der Waals surface area contributed by atoms with Gasteiger partial charge in [-0.05, 0) is 29.7 Å². The fraction of sp³-hybridized carbons (Fsp3) is 0.296. The van der Waals surface area contributed by atoms with E-state index in [-0.39, 0.29) is 17.7 Å². The first kappa shape index (κ1) is 22.5. The van der Waals surface area contributed by atoms with Crippen LogP contribution < -0.4 is 10.2 Å². The molecule has 0 spiro atoms. The van der Waals surface area contributed by atoms with Crippen molar-refractivity contribution in [2.24, 2.45) is 0 Å². The maximum Gasteiger partial charge on any atom is 0.231 e. The summed E-state index contributed by atoms with van der Waals surface area (Å²) in [4.78, 5) is 34.0. The molecule has 2 heterocycles. The lowest BCUT2D eigenvalue weighted by molar-refractivity contribution is -0.130. The standard InChI is InChI=1S/C27H30N4O2/c1-2-24(22-11-7-4-8-12-22)27(33)29-23-13-14-25(28-20-23)30-15-17-31(18-16-30)26(32)19-21-9-5-3-6-10-21/h3-14,20,24H,2,15-19H2,1H3,(H,29,33). The molecule has 0 aliphatic carbocycles. The predicted octanol–water partition coefficient (Wildman–Crippen LogP) is 4.11. The molecule has 4 rings (SSSR count). The number of rotatable bonds is 7. The molecule has 1 aliphatic rings. The number of nitrogens with one attached hydrogen (secondary N) is 1. The molecule has 1 atom stereocenters. The van der Waals surface area contributed by atoms with Gasteiger partial charge in [-0.1, -0.05) is 67.6 Å². The minimum absolute atomic E-state index is 0.0243. The van der Waals surface area contributed by atoms with Crippen molar-refractivity contribution in [2.45, 2.75) is 25.7 Å². The third-order valence-corrected chi connectivity index (χ3v) is 6.10. The summed E-state index contributed by atoms with van der Waals surface area (Å²) in [7, 11) is 0. The number of hydrogen-bond acceptors (Lipinski definition) is 4. The Morgan fingerprint density at radius 1 is 0.909 bits per heavy atom. The fourth-order valence-corrected chi connectivity index (χ4v) is 4.20. The molecule has 1 N–H and O–H groups in total.